The van der Waals surface area contributed by atoms with Gasteiger partial charge in [-0.15, -0.1) is 0 Å². The van der Waals surface area contributed by atoms with Gasteiger partial charge in [0.05, 0.1) is 10.2 Å². The molecule has 1 heterocycles. The van der Waals surface area contributed by atoms with E-state index in [9.17, 15) is 22.4 Å². The summed E-state index contributed by atoms with van der Waals surface area (Å²) in [5.41, 5.74) is -1.11. The number of halogens is 6. The molecule has 0 atom stereocenters. The normalized spacial score (nSPS) is 12.8. The molecular formula is C19H13BrClF4NO. The fourth-order valence-corrected chi connectivity index (χ4v) is 3.10. The van der Waals surface area contributed by atoms with E-state index in [0.717, 1.165) is 16.7 Å². The number of nitrogens with zero attached hydrogens (tertiary/aromatic N) is 1. The molecule has 2 nitrogen and oxygen atoms in total. The van der Waals surface area contributed by atoms with Crippen LogP contribution in [0.3, 0.4) is 0 Å². The van der Waals surface area contributed by atoms with E-state index in [-0.39, 0.29) is 27.2 Å². The molecule has 8 heteroatoms. The summed E-state index contributed by atoms with van der Waals surface area (Å²) in [6.45, 7) is 4.63. The Hall–Kier alpha value is -2.12. The zero-order chi connectivity index (χ0) is 20.3. The van der Waals surface area contributed by atoms with Crippen molar-refractivity contribution in [1.29, 1.82) is 0 Å². The van der Waals surface area contributed by atoms with Crippen LogP contribution in [0.25, 0.3) is 17.0 Å². The van der Waals surface area contributed by atoms with Crippen molar-refractivity contribution in [2.45, 2.75) is 13.5 Å². The molecule has 0 bridgehead atoms. The minimum atomic E-state index is -1.55. The molecule has 0 saturated carbocycles. The molecule has 1 aromatic carbocycles. The van der Waals surface area contributed by atoms with Crippen molar-refractivity contribution < 1.29 is 17.6 Å². The molecule has 0 unspecified atom stereocenters. The second-order valence-corrected chi connectivity index (χ2v) is 6.58. The van der Waals surface area contributed by atoms with Gasteiger partial charge in [-0.2, -0.15) is 0 Å². The molecule has 0 fully saturated rings. The summed E-state index contributed by atoms with van der Waals surface area (Å²) in [4.78, 5) is 12.4. The molecule has 0 radical (unpaired) electrons. The lowest BCUT2D eigenvalue weighted by atomic mass is 10.0. The standard InChI is InChI=1S/C19H13BrClF4NO/c1-3-10(22)8-16(24)17(25)18-13(9-14(20)19(27)26(18)4-2)12-7-11(23)5-6-15(12)21/h3,5-9H,1,4H2,2H3/b10-8+,17-16+. The molecule has 0 aliphatic heterocycles. The number of hydrogen-bond acceptors (Lipinski definition) is 1. The predicted octanol–water partition coefficient (Wildman–Crippen LogP) is 6.74. The van der Waals surface area contributed by atoms with Crippen LogP contribution in [0.1, 0.15) is 12.6 Å². The number of benzene rings is 1. The first kappa shape index (κ1) is 21.2. The van der Waals surface area contributed by atoms with Crippen molar-refractivity contribution in [3.63, 3.8) is 0 Å². The van der Waals surface area contributed by atoms with Crippen molar-refractivity contribution in [3.05, 3.63) is 86.0 Å². The maximum absolute atomic E-state index is 14.9. The van der Waals surface area contributed by atoms with E-state index >= 15 is 0 Å². The summed E-state index contributed by atoms with van der Waals surface area (Å²) in [5.74, 6) is -4.80. The van der Waals surface area contributed by atoms with E-state index in [1.807, 2.05) is 0 Å². The summed E-state index contributed by atoms with van der Waals surface area (Å²) in [7, 11) is 0. The van der Waals surface area contributed by atoms with E-state index in [1.165, 1.54) is 12.1 Å². The molecule has 0 amide bonds. The number of pyridine rings is 1. The number of rotatable bonds is 5. The van der Waals surface area contributed by atoms with Gasteiger partial charge in [-0.05, 0) is 53.2 Å². The van der Waals surface area contributed by atoms with Crippen molar-refractivity contribution in [3.8, 4) is 11.1 Å². The quantitative estimate of drug-likeness (QED) is 0.356. The van der Waals surface area contributed by atoms with Crippen molar-refractivity contribution in [2.24, 2.45) is 0 Å². The molecular weight excluding hydrogens is 450 g/mol. The SMILES string of the molecule is C=C/C(F)=C\C(F)=C(/F)c1c(-c2cc(F)ccc2Cl)cc(Br)c(=O)n1CC. The Morgan fingerprint density at radius 3 is 2.52 bits per heavy atom. The lowest BCUT2D eigenvalue weighted by Crippen LogP contribution is -2.23. The Bertz CT molecular complexity index is 1030. The van der Waals surface area contributed by atoms with Gasteiger partial charge in [-0.3, -0.25) is 4.79 Å². The van der Waals surface area contributed by atoms with E-state index in [0.29, 0.717) is 12.2 Å². The Kier molecular flexibility index (Phi) is 6.84. The first-order chi connectivity index (χ1) is 12.7. The van der Waals surface area contributed by atoms with Crippen LogP contribution in [-0.2, 0) is 6.54 Å². The van der Waals surface area contributed by atoms with Gasteiger partial charge in [0.2, 0.25) is 0 Å². The average molecular weight is 463 g/mol. The second kappa shape index (κ2) is 8.71. The third-order valence-corrected chi connectivity index (χ3v) is 4.56. The number of hydrogen-bond donors (Lipinski definition) is 0. The Morgan fingerprint density at radius 2 is 1.93 bits per heavy atom. The highest BCUT2D eigenvalue weighted by atomic mass is 79.9. The molecule has 2 rings (SSSR count). The number of aromatic nitrogens is 1. The highest BCUT2D eigenvalue weighted by Gasteiger charge is 2.22. The summed E-state index contributed by atoms with van der Waals surface area (Å²) in [6, 6.07) is 4.60. The van der Waals surface area contributed by atoms with E-state index in [2.05, 4.69) is 22.5 Å². The molecule has 27 heavy (non-hydrogen) atoms. The maximum atomic E-state index is 14.9. The van der Waals surface area contributed by atoms with Crippen molar-refractivity contribution in [2.75, 3.05) is 0 Å². The maximum Gasteiger partial charge on any atom is 0.265 e. The zero-order valence-corrected chi connectivity index (χ0v) is 16.3. The number of allylic oxidation sites excluding steroid dienone is 4. The average Bonchev–Trinajstić information content (AvgIpc) is 2.64. The lowest BCUT2D eigenvalue weighted by molar-refractivity contribution is 0.597. The molecule has 1 aromatic heterocycles. The van der Waals surface area contributed by atoms with Crippen LogP contribution >= 0.6 is 27.5 Å². The van der Waals surface area contributed by atoms with Crippen LogP contribution in [0.5, 0.6) is 0 Å². The summed E-state index contributed by atoms with van der Waals surface area (Å²) in [6.07, 6.45) is 0.998. The molecule has 0 aliphatic carbocycles. The predicted molar refractivity (Wildman–Crippen MR) is 103 cm³/mol. The van der Waals surface area contributed by atoms with E-state index in [4.69, 9.17) is 11.6 Å². The molecule has 0 spiro atoms. The molecule has 142 valence electrons. The fraction of sp³-hybridized carbons (Fsp3) is 0.105. The van der Waals surface area contributed by atoms with Gasteiger partial charge in [0.15, 0.2) is 11.7 Å². The van der Waals surface area contributed by atoms with E-state index < -0.39 is 34.6 Å². The Balaban J connectivity index is 2.97. The molecule has 0 aliphatic rings. The summed E-state index contributed by atoms with van der Waals surface area (Å²) >= 11 is 9.16. The monoisotopic (exact) mass is 461 g/mol. The van der Waals surface area contributed by atoms with Crippen LogP contribution in [-0.4, -0.2) is 4.57 Å². The van der Waals surface area contributed by atoms with E-state index in [1.54, 1.807) is 6.92 Å². The highest BCUT2D eigenvalue weighted by Crippen LogP contribution is 2.37. The minimum absolute atomic E-state index is 0.0259. The Labute approximate surface area is 166 Å². The van der Waals surface area contributed by atoms with Gasteiger partial charge in [-0.1, -0.05) is 18.2 Å². The van der Waals surface area contributed by atoms with Gasteiger partial charge < -0.3 is 4.57 Å². The van der Waals surface area contributed by atoms with Gasteiger partial charge in [-0.25, -0.2) is 17.6 Å². The second-order valence-electron chi connectivity index (χ2n) is 5.32. The van der Waals surface area contributed by atoms with Crippen molar-refractivity contribution in [1.82, 2.24) is 4.57 Å². The van der Waals surface area contributed by atoms with Crippen LogP contribution in [0.15, 0.2) is 63.9 Å². The highest BCUT2D eigenvalue weighted by molar-refractivity contribution is 9.10. The third kappa shape index (κ3) is 4.42. The van der Waals surface area contributed by atoms with Gasteiger partial charge in [0.25, 0.3) is 5.56 Å². The van der Waals surface area contributed by atoms with Crippen LogP contribution < -0.4 is 5.56 Å². The smallest absolute Gasteiger partial charge is 0.265 e. The molecule has 2 aromatic rings. The van der Waals surface area contributed by atoms with Gasteiger partial charge >= 0.3 is 0 Å². The molecule has 0 N–H and O–H groups in total. The zero-order valence-electron chi connectivity index (χ0n) is 14.0. The third-order valence-electron chi connectivity index (χ3n) is 3.66. The fourth-order valence-electron chi connectivity index (χ4n) is 2.44. The van der Waals surface area contributed by atoms with Crippen LogP contribution in [0.2, 0.25) is 5.02 Å². The topological polar surface area (TPSA) is 22.0 Å². The molecule has 0 saturated heterocycles. The van der Waals surface area contributed by atoms with Gasteiger partial charge in [0.1, 0.15) is 11.6 Å². The van der Waals surface area contributed by atoms with Crippen LogP contribution in [0, 0.1) is 5.82 Å². The first-order valence-electron chi connectivity index (χ1n) is 7.65. The largest absolute Gasteiger partial charge is 0.305 e. The van der Waals surface area contributed by atoms with Crippen LogP contribution in [0.4, 0.5) is 17.6 Å². The first-order valence-corrected chi connectivity index (χ1v) is 8.82. The van der Waals surface area contributed by atoms with Crippen molar-refractivity contribution >= 4 is 33.4 Å². The minimum Gasteiger partial charge on any atom is -0.305 e. The summed E-state index contributed by atoms with van der Waals surface area (Å²) < 4.78 is 57.1. The Morgan fingerprint density at radius 1 is 1.26 bits per heavy atom. The summed E-state index contributed by atoms with van der Waals surface area (Å²) in [5, 5.41) is 0.0619. The lowest BCUT2D eigenvalue weighted by Gasteiger charge is -2.17. The van der Waals surface area contributed by atoms with Gasteiger partial charge in [0, 0.05) is 28.8 Å².